The number of ketones is 1. The van der Waals surface area contributed by atoms with Gasteiger partial charge in [-0.25, -0.2) is 15.1 Å². The largest absolute Gasteiger partial charge is 0.368 e. The molecule has 0 bridgehead atoms. The van der Waals surface area contributed by atoms with Crippen LogP contribution in [0, 0.1) is 19.8 Å². The molecule has 3 aromatic rings. The molecule has 37 heavy (non-hydrogen) atoms. The molecule has 196 valence electrons. The number of fused-ring (bicyclic) bond motifs is 1. The maximum Gasteiger partial charge on any atom is 0.333 e. The smallest absolute Gasteiger partial charge is 0.333 e. The molecular formula is C26H30N4O5S2. The first-order chi connectivity index (χ1) is 17.7. The fourth-order valence-electron chi connectivity index (χ4n) is 5.17. The van der Waals surface area contributed by atoms with E-state index >= 15 is 0 Å². The molecule has 1 unspecified atom stereocenters. The topological polar surface area (TPSA) is 133 Å². The second kappa shape index (κ2) is 10.6. The van der Waals surface area contributed by atoms with Crippen molar-refractivity contribution in [3.63, 3.8) is 0 Å². The van der Waals surface area contributed by atoms with E-state index in [9.17, 15) is 13.2 Å². The van der Waals surface area contributed by atoms with Crippen LogP contribution in [0.5, 0.6) is 0 Å². The van der Waals surface area contributed by atoms with Gasteiger partial charge in [0.2, 0.25) is 5.78 Å². The van der Waals surface area contributed by atoms with Crippen LogP contribution in [0.15, 0.2) is 36.8 Å². The zero-order valence-electron chi connectivity index (χ0n) is 20.8. The summed E-state index contributed by atoms with van der Waals surface area (Å²) in [5, 5.41) is 8.31. The number of rotatable bonds is 8. The fourth-order valence-corrected chi connectivity index (χ4v) is 6.56. The molecule has 5 rings (SSSR count). The van der Waals surface area contributed by atoms with Crippen LogP contribution in [0.25, 0.3) is 0 Å². The molecule has 3 atom stereocenters. The predicted octanol–water partition coefficient (Wildman–Crippen LogP) is 3.85. The third-order valence-electron chi connectivity index (χ3n) is 7.01. The molecule has 2 aromatic heterocycles. The normalized spacial score (nSPS) is 21.5. The quantitative estimate of drug-likeness (QED) is 0.410. The highest BCUT2D eigenvalue weighted by Crippen LogP contribution is 2.39. The summed E-state index contributed by atoms with van der Waals surface area (Å²) >= 11 is 1.45. The van der Waals surface area contributed by atoms with E-state index in [1.807, 2.05) is 13.0 Å². The Balaban J connectivity index is 1.34. The van der Waals surface area contributed by atoms with Gasteiger partial charge >= 0.3 is 10.3 Å². The average molecular weight is 543 g/mol. The van der Waals surface area contributed by atoms with Gasteiger partial charge in [-0.2, -0.15) is 8.42 Å². The van der Waals surface area contributed by atoms with Crippen molar-refractivity contribution in [2.45, 2.75) is 51.7 Å². The predicted molar refractivity (Wildman–Crippen MR) is 141 cm³/mol. The lowest BCUT2D eigenvalue weighted by Crippen LogP contribution is -2.22. The lowest BCUT2D eigenvalue weighted by atomic mass is 9.91. The van der Waals surface area contributed by atoms with Crippen molar-refractivity contribution in [2.75, 3.05) is 18.5 Å². The summed E-state index contributed by atoms with van der Waals surface area (Å²) in [5.74, 6) is 0.386. The van der Waals surface area contributed by atoms with Crippen LogP contribution in [-0.4, -0.2) is 43.4 Å². The van der Waals surface area contributed by atoms with Gasteiger partial charge in [0.25, 0.3) is 0 Å². The molecule has 2 aliphatic rings. The van der Waals surface area contributed by atoms with Crippen molar-refractivity contribution < 1.29 is 22.1 Å². The highest BCUT2D eigenvalue weighted by atomic mass is 32.2. The van der Waals surface area contributed by atoms with E-state index in [0.717, 1.165) is 29.7 Å². The van der Waals surface area contributed by atoms with Gasteiger partial charge in [-0.15, -0.1) is 11.3 Å². The zero-order chi connectivity index (χ0) is 26.2. The molecule has 1 aliphatic heterocycles. The number of carbonyl (C=O) groups excluding carboxylic acids is 1. The second-order valence-electron chi connectivity index (χ2n) is 9.74. The minimum atomic E-state index is -3.96. The maximum absolute atomic E-state index is 13.6. The van der Waals surface area contributed by atoms with Crippen LogP contribution in [0.3, 0.4) is 0 Å². The number of nitrogens with zero attached hydrogens (tertiary/aromatic N) is 2. The first-order valence-corrected chi connectivity index (χ1v) is 14.6. The third-order valence-corrected chi connectivity index (χ3v) is 8.54. The Morgan fingerprint density at radius 2 is 2.08 bits per heavy atom. The number of aromatic nitrogens is 2. The maximum atomic E-state index is 13.6. The number of hydrogen-bond acceptors (Lipinski definition) is 9. The summed E-state index contributed by atoms with van der Waals surface area (Å²) in [7, 11) is -3.96. The van der Waals surface area contributed by atoms with Crippen LogP contribution in [0.4, 0.5) is 5.82 Å². The van der Waals surface area contributed by atoms with Gasteiger partial charge in [0.1, 0.15) is 18.2 Å². The molecule has 1 saturated carbocycles. The lowest BCUT2D eigenvalue weighted by molar-refractivity contribution is 0.0697. The number of anilines is 1. The van der Waals surface area contributed by atoms with Gasteiger partial charge in [-0.3, -0.25) is 8.98 Å². The number of nitrogens with two attached hydrogens (primary N) is 1. The molecule has 1 aliphatic carbocycles. The van der Waals surface area contributed by atoms with Gasteiger partial charge in [-0.05, 0) is 68.2 Å². The average Bonchev–Trinajstić information content (AvgIpc) is 3.48. The summed E-state index contributed by atoms with van der Waals surface area (Å²) in [6, 6.07) is 8.44. The molecule has 3 N–H and O–H groups in total. The van der Waals surface area contributed by atoms with Crippen molar-refractivity contribution >= 4 is 33.2 Å². The van der Waals surface area contributed by atoms with Crippen LogP contribution < -0.4 is 10.5 Å². The summed E-state index contributed by atoms with van der Waals surface area (Å²) in [6.45, 7) is 4.79. The number of thiophene rings is 1. The van der Waals surface area contributed by atoms with Gasteiger partial charge in [0, 0.05) is 17.1 Å². The lowest BCUT2D eigenvalue weighted by Gasteiger charge is -2.26. The highest BCUT2D eigenvalue weighted by molar-refractivity contribution is 7.84. The Kier molecular flexibility index (Phi) is 7.42. The first kappa shape index (κ1) is 25.9. The molecule has 3 heterocycles. The molecule has 0 amide bonds. The van der Waals surface area contributed by atoms with E-state index in [0.29, 0.717) is 29.3 Å². The SMILES string of the molecule is Cc1ccc2c(c1)C(c1cc(C(=O)c3cncnc3N[C@H]3CC[C@@H](COS(N)(=O)=O)C3)sc1C)OCC2. The summed E-state index contributed by atoms with van der Waals surface area (Å²) in [4.78, 5) is 23.7. The first-order valence-electron chi connectivity index (χ1n) is 12.3. The highest BCUT2D eigenvalue weighted by Gasteiger charge is 2.30. The molecule has 0 spiro atoms. The molecule has 1 aromatic carbocycles. The van der Waals surface area contributed by atoms with Crippen molar-refractivity contribution in [3.05, 3.63) is 74.4 Å². The number of nitrogens with one attached hydrogen (secondary N) is 1. The molecular weight excluding hydrogens is 512 g/mol. The number of aryl methyl sites for hydroxylation is 2. The van der Waals surface area contributed by atoms with Crippen LogP contribution >= 0.6 is 11.3 Å². The van der Waals surface area contributed by atoms with E-state index in [1.54, 1.807) is 6.20 Å². The van der Waals surface area contributed by atoms with E-state index in [1.165, 1.54) is 34.4 Å². The van der Waals surface area contributed by atoms with Gasteiger partial charge in [0.05, 0.1) is 23.7 Å². The Labute approximate surface area is 220 Å². The number of hydrogen-bond donors (Lipinski definition) is 2. The Hall–Kier alpha value is -2.70. The second-order valence-corrected chi connectivity index (χ2v) is 12.2. The van der Waals surface area contributed by atoms with E-state index < -0.39 is 10.3 Å². The van der Waals surface area contributed by atoms with Crippen molar-refractivity contribution in [1.82, 2.24) is 9.97 Å². The van der Waals surface area contributed by atoms with Crippen LogP contribution in [0.1, 0.15) is 67.7 Å². The number of carbonyl (C=O) groups is 1. The van der Waals surface area contributed by atoms with Gasteiger partial charge in [0.15, 0.2) is 0 Å². The standard InChI is InChI=1S/C26H30N4O5S2/c1-15-3-5-18-7-8-34-25(21(18)9-15)20-11-23(36-16(20)2)24(31)22-12-28-14-29-26(22)30-19-6-4-17(10-19)13-35-37(27,32)33/h3,5,9,11-12,14,17,19,25H,4,6-8,10,13H2,1-2H3,(H2,27,32,33)(H,28,29,30)/t17-,19+,25?/m1/s1. The fraction of sp³-hybridized carbons (Fsp3) is 0.423. The van der Waals surface area contributed by atoms with Crippen molar-refractivity contribution in [2.24, 2.45) is 11.1 Å². The molecule has 1 fully saturated rings. The van der Waals surface area contributed by atoms with Crippen LogP contribution in [-0.2, 0) is 25.6 Å². The zero-order valence-corrected chi connectivity index (χ0v) is 22.4. The van der Waals surface area contributed by atoms with Crippen molar-refractivity contribution in [1.29, 1.82) is 0 Å². The number of ether oxygens (including phenoxy) is 1. The minimum absolute atomic E-state index is 0.0338. The Morgan fingerprint density at radius 1 is 1.24 bits per heavy atom. The van der Waals surface area contributed by atoms with Gasteiger partial charge in [-0.1, -0.05) is 23.8 Å². The monoisotopic (exact) mass is 542 g/mol. The molecule has 9 nitrogen and oxygen atoms in total. The summed E-state index contributed by atoms with van der Waals surface area (Å²) in [5.41, 5.74) is 5.05. The minimum Gasteiger partial charge on any atom is -0.368 e. The van der Waals surface area contributed by atoms with Gasteiger partial charge < -0.3 is 10.1 Å². The summed E-state index contributed by atoms with van der Waals surface area (Å²) in [6.07, 6.45) is 5.92. The molecule has 11 heteroatoms. The van der Waals surface area contributed by atoms with E-state index in [-0.39, 0.29) is 30.5 Å². The van der Waals surface area contributed by atoms with E-state index in [2.05, 4.69) is 40.4 Å². The van der Waals surface area contributed by atoms with Crippen molar-refractivity contribution in [3.8, 4) is 0 Å². The van der Waals surface area contributed by atoms with E-state index in [4.69, 9.17) is 14.1 Å². The third kappa shape index (κ3) is 5.91. The number of benzene rings is 1. The Bertz CT molecular complexity index is 1420. The summed E-state index contributed by atoms with van der Waals surface area (Å²) < 4.78 is 33.1. The molecule has 0 saturated heterocycles. The van der Waals surface area contributed by atoms with Crippen LogP contribution in [0.2, 0.25) is 0 Å². The Morgan fingerprint density at radius 3 is 2.89 bits per heavy atom. The molecule has 0 radical (unpaired) electrons.